The van der Waals surface area contributed by atoms with Crippen molar-refractivity contribution in [2.24, 2.45) is 5.73 Å². The molecule has 1 saturated heterocycles. The van der Waals surface area contributed by atoms with E-state index in [1.807, 2.05) is 0 Å². The second-order valence-electron chi connectivity index (χ2n) is 4.32. The monoisotopic (exact) mass is 319 g/mol. The van der Waals surface area contributed by atoms with Crippen molar-refractivity contribution in [2.45, 2.75) is 12.1 Å². The molecule has 20 heavy (non-hydrogen) atoms. The number of nitrogens with zero attached hydrogens (tertiary/aromatic N) is 2. The summed E-state index contributed by atoms with van der Waals surface area (Å²) in [4.78, 5) is 25.3. The van der Waals surface area contributed by atoms with Crippen molar-refractivity contribution in [1.82, 2.24) is 9.96 Å². The van der Waals surface area contributed by atoms with E-state index in [9.17, 15) is 18.0 Å². The van der Waals surface area contributed by atoms with Crippen LogP contribution in [0.25, 0.3) is 0 Å². The molecule has 11 heteroatoms. The van der Waals surface area contributed by atoms with Crippen LogP contribution in [-0.4, -0.2) is 41.4 Å². The number of hydrogen-bond acceptors (Lipinski definition) is 6. The molecular weight excluding hydrogens is 310 g/mol. The average Bonchev–Trinajstić information content (AvgIpc) is 2.88. The van der Waals surface area contributed by atoms with Crippen LogP contribution in [0.4, 0.5) is 4.79 Å². The lowest BCUT2D eigenvalue weighted by atomic mass is 9.99. The maximum absolute atomic E-state index is 12.1. The zero-order valence-electron chi connectivity index (χ0n) is 9.79. The molecule has 0 radical (unpaired) electrons. The Labute approximate surface area is 117 Å². The number of amides is 3. The van der Waals surface area contributed by atoms with Crippen molar-refractivity contribution in [3.05, 3.63) is 21.9 Å². The van der Waals surface area contributed by atoms with E-state index in [4.69, 9.17) is 10.3 Å². The van der Waals surface area contributed by atoms with Crippen LogP contribution in [0.5, 0.6) is 0 Å². The quantitative estimate of drug-likeness (QED) is 0.742. The van der Waals surface area contributed by atoms with Crippen LogP contribution >= 0.6 is 11.3 Å². The van der Waals surface area contributed by atoms with E-state index >= 15 is 0 Å². The highest BCUT2D eigenvalue weighted by Gasteiger charge is 2.52. The van der Waals surface area contributed by atoms with E-state index in [1.165, 1.54) is 11.3 Å². The molecule has 0 unspecified atom stereocenters. The maximum atomic E-state index is 12.1. The molecule has 0 spiro atoms. The molecule has 3 rings (SSSR count). The van der Waals surface area contributed by atoms with Crippen molar-refractivity contribution < 1.29 is 26.8 Å². The minimum Gasteiger partial charge on any atom is -0.368 e. The Morgan fingerprint density at radius 2 is 2.25 bits per heavy atom. The molecule has 9 nitrogen and oxygen atoms in total. The van der Waals surface area contributed by atoms with Gasteiger partial charge in [-0.2, -0.15) is 13.5 Å². The summed E-state index contributed by atoms with van der Waals surface area (Å²) in [5.74, 6) is -0.714. The Morgan fingerprint density at radius 3 is 2.85 bits per heavy atom. The number of thiophene rings is 1. The molecule has 2 bridgehead atoms. The molecule has 3 N–H and O–H groups in total. The molecule has 0 saturated carbocycles. The summed E-state index contributed by atoms with van der Waals surface area (Å²) in [6.45, 7) is 0.0612. The van der Waals surface area contributed by atoms with Gasteiger partial charge in [0.1, 0.15) is 12.1 Å². The van der Waals surface area contributed by atoms with Gasteiger partial charge in [0.05, 0.1) is 6.54 Å². The Hall–Kier alpha value is -1.69. The van der Waals surface area contributed by atoms with Crippen LogP contribution in [-0.2, 0) is 19.5 Å². The average molecular weight is 319 g/mol. The number of urea groups is 1. The second-order valence-corrected chi connectivity index (χ2v) is 6.28. The van der Waals surface area contributed by atoms with Gasteiger partial charge in [-0.3, -0.25) is 9.35 Å². The summed E-state index contributed by atoms with van der Waals surface area (Å²) in [5, 5.41) is 2.25. The van der Waals surface area contributed by atoms with Crippen LogP contribution < -0.4 is 5.73 Å². The first kappa shape index (κ1) is 13.3. The first-order valence-electron chi connectivity index (χ1n) is 5.43. The van der Waals surface area contributed by atoms with Crippen molar-refractivity contribution in [2.75, 3.05) is 6.54 Å². The topological polar surface area (TPSA) is 130 Å². The summed E-state index contributed by atoms with van der Waals surface area (Å²) in [6.07, 6.45) is 0. The number of nitrogens with two attached hydrogens (primary N) is 1. The van der Waals surface area contributed by atoms with E-state index in [2.05, 4.69) is 4.28 Å². The molecule has 3 amide bonds. The lowest BCUT2D eigenvalue weighted by Gasteiger charge is -2.27. The molecule has 3 heterocycles. The van der Waals surface area contributed by atoms with Crippen LogP contribution in [0.2, 0.25) is 0 Å². The lowest BCUT2D eigenvalue weighted by Crippen LogP contribution is -2.41. The van der Waals surface area contributed by atoms with E-state index < -0.39 is 34.4 Å². The molecule has 1 fully saturated rings. The number of carbonyl (C=O) groups excluding carboxylic acids is 2. The molecule has 0 aromatic carbocycles. The first-order chi connectivity index (χ1) is 9.29. The number of hydroxylamine groups is 2. The van der Waals surface area contributed by atoms with Gasteiger partial charge in [-0.25, -0.2) is 4.79 Å². The van der Waals surface area contributed by atoms with E-state index in [0.717, 1.165) is 4.90 Å². The third kappa shape index (κ3) is 1.86. The molecule has 0 aliphatic carbocycles. The molecular formula is C9H9N3O6S2. The fraction of sp³-hybridized carbons (Fsp3) is 0.333. The second kappa shape index (κ2) is 4.15. The van der Waals surface area contributed by atoms with Gasteiger partial charge in [0.25, 0.3) is 0 Å². The van der Waals surface area contributed by atoms with Gasteiger partial charge in [0.2, 0.25) is 5.91 Å². The number of rotatable bonds is 3. The van der Waals surface area contributed by atoms with Gasteiger partial charge in [-0.15, -0.1) is 15.6 Å². The zero-order valence-corrected chi connectivity index (χ0v) is 11.4. The van der Waals surface area contributed by atoms with Gasteiger partial charge in [0.15, 0.2) is 0 Å². The summed E-state index contributed by atoms with van der Waals surface area (Å²) in [7, 11) is -4.84. The smallest absolute Gasteiger partial charge is 0.368 e. The van der Waals surface area contributed by atoms with Crippen LogP contribution in [0.3, 0.4) is 0 Å². The molecule has 1 aromatic rings. The number of fused-ring (bicyclic) bond motifs is 4. The Morgan fingerprint density at radius 1 is 1.55 bits per heavy atom. The van der Waals surface area contributed by atoms with Gasteiger partial charge >= 0.3 is 16.4 Å². The van der Waals surface area contributed by atoms with E-state index in [1.54, 1.807) is 11.4 Å². The largest absolute Gasteiger partial charge is 0.418 e. The standard InChI is InChI=1S/C9H9N3O6S2/c10-8(13)6-7-4(1-2-19-7)5-3-11(6)9(14)12(5)18-20(15,16)17/h1-2,5-6H,3H2,(H2,10,13)(H,15,16,17)/t5-,6-/m0/s1. The highest BCUT2D eigenvalue weighted by molar-refractivity contribution is 7.80. The molecule has 2 atom stereocenters. The van der Waals surface area contributed by atoms with Crippen molar-refractivity contribution >= 4 is 33.7 Å². The van der Waals surface area contributed by atoms with Crippen LogP contribution in [0.1, 0.15) is 22.5 Å². The fourth-order valence-corrected chi connectivity index (χ4v) is 3.92. The number of hydrogen-bond donors (Lipinski definition) is 2. The lowest BCUT2D eigenvalue weighted by molar-refractivity contribution is -0.122. The van der Waals surface area contributed by atoms with Crippen LogP contribution in [0.15, 0.2) is 11.4 Å². The van der Waals surface area contributed by atoms with Crippen molar-refractivity contribution in [3.8, 4) is 0 Å². The Balaban J connectivity index is 2.07. The van der Waals surface area contributed by atoms with Crippen molar-refractivity contribution in [1.29, 1.82) is 0 Å². The minimum atomic E-state index is -4.84. The predicted molar refractivity (Wildman–Crippen MR) is 65.6 cm³/mol. The van der Waals surface area contributed by atoms with Gasteiger partial charge in [-0.1, -0.05) is 0 Å². The highest BCUT2D eigenvalue weighted by atomic mass is 32.3. The fourth-order valence-electron chi connectivity index (χ4n) is 2.48. The zero-order chi connectivity index (χ0) is 14.7. The van der Waals surface area contributed by atoms with Gasteiger partial charge in [-0.05, 0) is 17.0 Å². The SMILES string of the molecule is NC(=O)[C@@H]1c2sccc2[C@@H]2CN1C(=O)N2OS(=O)(=O)O. The third-order valence-corrected chi connectivity index (χ3v) is 4.51. The Kier molecular flexibility index (Phi) is 2.76. The van der Waals surface area contributed by atoms with Gasteiger partial charge < -0.3 is 10.6 Å². The summed E-state index contributed by atoms with van der Waals surface area (Å²) < 4.78 is 34.7. The van der Waals surface area contributed by atoms with E-state index in [-0.39, 0.29) is 6.54 Å². The van der Waals surface area contributed by atoms with Crippen LogP contribution in [0, 0.1) is 0 Å². The summed E-state index contributed by atoms with van der Waals surface area (Å²) in [5.41, 5.74) is 5.90. The molecule has 108 valence electrons. The summed E-state index contributed by atoms with van der Waals surface area (Å²) in [6, 6.07) is -0.832. The number of primary amides is 1. The number of carbonyl (C=O) groups is 2. The highest BCUT2D eigenvalue weighted by Crippen LogP contribution is 2.46. The minimum absolute atomic E-state index is 0.0612. The van der Waals surface area contributed by atoms with Gasteiger partial charge in [0, 0.05) is 4.88 Å². The Bertz CT molecular complexity index is 698. The third-order valence-electron chi connectivity index (χ3n) is 3.18. The van der Waals surface area contributed by atoms with E-state index in [0.29, 0.717) is 15.5 Å². The van der Waals surface area contributed by atoms with Crippen molar-refractivity contribution in [3.63, 3.8) is 0 Å². The molecule has 2 aliphatic rings. The summed E-state index contributed by atoms with van der Waals surface area (Å²) >= 11 is 1.24. The normalized spacial score (nSPS) is 24.9. The predicted octanol–water partition coefficient (Wildman–Crippen LogP) is -0.199. The molecule has 1 aromatic heterocycles. The first-order valence-corrected chi connectivity index (χ1v) is 7.67. The maximum Gasteiger partial charge on any atom is 0.418 e. The molecule has 2 aliphatic heterocycles.